The Bertz CT molecular complexity index is 1270. The number of nitrogens with zero attached hydrogens (tertiary/aromatic N) is 3. The van der Waals surface area contributed by atoms with Crippen molar-refractivity contribution < 1.29 is 19.0 Å². The number of fused-ring (bicyclic) bond motifs is 1. The molecule has 0 aliphatic carbocycles. The molecule has 4 rings (SSSR count). The first-order chi connectivity index (χ1) is 16.9. The SMILES string of the molecule is C=CC(=O)NC1COCC1Nc1ncc2cc(-c3cc(OC)cc(OC)c3)c(=O)n(C)c2n1.C=S. The van der Waals surface area contributed by atoms with Crippen molar-refractivity contribution in [3.05, 3.63) is 53.5 Å². The third-order valence-corrected chi connectivity index (χ3v) is 5.52. The van der Waals surface area contributed by atoms with E-state index in [9.17, 15) is 9.59 Å². The highest BCUT2D eigenvalue weighted by molar-refractivity contribution is 7.77. The first-order valence-corrected chi connectivity index (χ1v) is 11.2. The molecule has 0 spiro atoms. The Morgan fingerprint density at radius 2 is 1.83 bits per heavy atom. The Balaban J connectivity index is 0.00000167. The smallest absolute Gasteiger partial charge is 0.259 e. The van der Waals surface area contributed by atoms with Gasteiger partial charge in [0.1, 0.15) is 17.1 Å². The van der Waals surface area contributed by atoms with Gasteiger partial charge < -0.3 is 24.8 Å². The van der Waals surface area contributed by atoms with Crippen molar-refractivity contribution in [1.82, 2.24) is 19.9 Å². The van der Waals surface area contributed by atoms with Gasteiger partial charge in [0.05, 0.1) is 39.5 Å². The van der Waals surface area contributed by atoms with Gasteiger partial charge in [-0.25, -0.2) is 4.98 Å². The van der Waals surface area contributed by atoms with Gasteiger partial charge in [0.25, 0.3) is 5.56 Å². The number of hydrogen-bond acceptors (Lipinski definition) is 9. The van der Waals surface area contributed by atoms with Crippen LogP contribution in [0.4, 0.5) is 5.95 Å². The molecule has 0 saturated carbocycles. The Hall–Kier alpha value is -3.83. The van der Waals surface area contributed by atoms with Crippen molar-refractivity contribution in [2.75, 3.05) is 32.8 Å². The van der Waals surface area contributed by atoms with Gasteiger partial charge in [0.15, 0.2) is 0 Å². The molecule has 11 heteroatoms. The molecule has 10 nitrogen and oxygen atoms in total. The number of benzene rings is 1. The molecule has 0 radical (unpaired) electrons. The molecular weight excluding hydrogens is 470 g/mol. The van der Waals surface area contributed by atoms with E-state index >= 15 is 0 Å². The van der Waals surface area contributed by atoms with E-state index in [1.54, 1.807) is 51.7 Å². The van der Waals surface area contributed by atoms with Crippen LogP contribution in [0.2, 0.25) is 0 Å². The summed E-state index contributed by atoms with van der Waals surface area (Å²) in [5.41, 5.74) is 1.40. The number of amides is 1. The Labute approximate surface area is 207 Å². The third kappa shape index (κ3) is 5.64. The summed E-state index contributed by atoms with van der Waals surface area (Å²) in [7, 11) is 4.78. The summed E-state index contributed by atoms with van der Waals surface area (Å²) in [6.45, 7) is 4.23. The first kappa shape index (κ1) is 25.8. The number of thiocarbonyl (C=S) groups is 1. The molecule has 184 valence electrons. The van der Waals surface area contributed by atoms with E-state index < -0.39 is 0 Å². The van der Waals surface area contributed by atoms with Crippen molar-refractivity contribution >= 4 is 41.0 Å². The van der Waals surface area contributed by atoms with Gasteiger partial charge in [-0.15, -0.1) is 0 Å². The number of carbonyl (C=O) groups is 1. The monoisotopic (exact) mass is 497 g/mol. The third-order valence-electron chi connectivity index (χ3n) is 5.52. The van der Waals surface area contributed by atoms with Crippen molar-refractivity contribution in [3.8, 4) is 22.6 Å². The Morgan fingerprint density at radius 1 is 1.17 bits per heavy atom. The highest BCUT2D eigenvalue weighted by Gasteiger charge is 2.29. The van der Waals surface area contributed by atoms with E-state index in [-0.39, 0.29) is 23.6 Å². The predicted molar refractivity (Wildman–Crippen MR) is 138 cm³/mol. The van der Waals surface area contributed by atoms with Crippen LogP contribution >= 0.6 is 12.2 Å². The Morgan fingerprint density at radius 3 is 2.46 bits per heavy atom. The van der Waals surface area contributed by atoms with Crippen molar-refractivity contribution in [3.63, 3.8) is 0 Å². The molecule has 0 bridgehead atoms. The van der Waals surface area contributed by atoms with Crippen LogP contribution in [0.15, 0.2) is 47.9 Å². The summed E-state index contributed by atoms with van der Waals surface area (Å²) in [4.78, 5) is 33.8. The lowest BCUT2D eigenvalue weighted by Crippen LogP contribution is -2.45. The van der Waals surface area contributed by atoms with Crippen LogP contribution in [-0.2, 0) is 16.6 Å². The lowest BCUT2D eigenvalue weighted by Gasteiger charge is -2.20. The van der Waals surface area contributed by atoms with E-state index in [0.29, 0.717) is 52.8 Å². The zero-order chi connectivity index (χ0) is 25.5. The fourth-order valence-corrected chi connectivity index (χ4v) is 3.73. The topological polar surface area (TPSA) is 117 Å². The number of ether oxygens (including phenoxy) is 3. The van der Waals surface area contributed by atoms with Gasteiger partial charge in [-0.1, -0.05) is 18.8 Å². The number of aryl methyl sites for hydroxylation is 1. The fraction of sp³-hybridized carbons (Fsp3) is 0.292. The molecule has 1 aliphatic heterocycles. The minimum absolute atomic E-state index is 0.216. The van der Waals surface area contributed by atoms with Crippen LogP contribution < -0.4 is 25.7 Å². The van der Waals surface area contributed by atoms with Crippen LogP contribution in [-0.4, -0.2) is 65.8 Å². The van der Waals surface area contributed by atoms with Crippen LogP contribution in [0.3, 0.4) is 0 Å². The molecule has 3 aromatic rings. The molecule has 1 fully saturated rings. The second-order valence-corrected chi connectivity index (χ2v) is 7.60. The lowest BCUT2D eigenvalue weighted by molar-refractivity contribution is -0.117. The zero-order valence-electron chi connectivity index (χ0n) is 19.7. The van der Waals surface area contributed by atoms with Gasteiger partial charge in [-0.05, 0) is 35.7 Å². The largest absolute Gasteiger partial charge is 0.497 e. The summed E-state index contributed by atoms with van der Waals surface area (Å²) in [5, 5.41) is 6.71. The number of methoxy groups -OCH3 is 2. The maximum atomic E-state index is 13.2. The van der Waals surface area contributed by atoms with Gasteiger partial charge in [0, 0.05) is 30.3 Å². The summed E-state index contributed by atoms with van der Waals surface area (Å²) in [6, 6.07) is 6.59. The quantitative estimate of drug-likeness (QED) is 0.374. The van der Waals surface area contributed by atoms with Crippen LogP contribution in [0.1, 0.15) is 0 Å². The second-order valence-electron chi connectivity index (χ2n) is 7.60. The number of pyridine rings is 1. The van der Waals surface area contributed by atoms with E-state index in [4.69, 9.17) is 14.2 Å². The van der Waals surface area contributed by atoms with Crippen molar-refractivity contribution in [2.24, 2.45) is 7.05 Å². The predicted octanol–water partition coefficient (Wildman–Crippen LogP) is 2.11. The van der Waals surface area contributed by atoms with Crippen molar-refractivity contribution in [1.29, 1.82) is 0 Å². The molecule has 2 aromatic heterocycles. The number of carbonyl (C=O) groups excluding carboxylic acids is 1. The number of anilines is 1. The number of rotatable bonds is 7. The average Bonchev–Trinajstić information content (AvgIpc) is 3.33. The van der Waals surface area contributed by atoms with E-state index in [0.717, 1.165) is 0 Å². The first-order valence-electron chi connectivity index (χ1n) is 10.6. The van der Waals surface area contributed by atoms with Gasteiger partial charge in [-0.3, -0.25) is 14.2 Å². The number of hydrogen-bond donors (Lipinski definition) is 2. The lowest BCUT2D eigenvalue weighted by atomic mass is 10.1. The fourth-order valence-electron chi connectivity index (χ4n) is 3.73. The minimum Gasteiger partial charge on any atom is -0.497 e. The summed E-state index contributed by atoms with van der Waals surface area (Å²) in [6.07, 6.45) is 2.87. The van der Waals surface area contributed by atoms with E-state index in [1.807, 2.05) is 0 Å². The molecule has 3 heterocycles. The van der Waals surface area contributed by atoms with Crippen LogP contribution in [0, 0.1) is 0 Å². The molecule has 1 amide bonds. The number of aromatic nitrogens is 3. The molecule has 1 aromatic carbocycles. The molecule has 35 heavy (non-hydrogen) atoms. The molecule has 1 saturated heterocycles. The minimum atomic E-state index is -0.277. The number of nitrogens with one attached hydrogen (secondary N) is 2. The molecular formula is C24H27N5O5S. The van der Waals surface area contributed by atoms with Gasteiger partial charge in [0.2, 0.25) is 11.9 Å². The normalized spacial score (nSPS) is 16.7. The summed E-state index contributed by atoms with van der Waals surface area (Å²) >= 11 is 3.83. The highest BCUT2D eigenvalue weighted by atomic mass is 32.1. The van der Waals surface area contributed by atoms with Crippen molar-refractivity contribution in [2.45, 2.75) is 12.1 Å². The summed E-state index contributed by atoms with van der Waals surface area (Å²) in [5.74, 6) is 4.06. The maximum Gasteiger partial charge on any atom is 0.259 e. The van der Waals surface area contributed by atoms with Crippen LogP contribution in [0.25, 0.3) is 22.2 Å². The maximum absolute atomic E-state index is 13.2. The zero-order valence-corrected chi connectivity index (χ0v) is 20.6. The summed E-state index contributed by atoms with van der Waals surface area (Å²) < 4.78 is 17.6. The standard InChI is InChI=1S/C23H25N5O5.CH2S/c1-5-20(29)25-18-11-33-12-19(18)26-23-24-10-14-8-17(22(30)28(2)21(14)27-23)13-6-15(31-3)9-16(7-13)32-4;1-2/h5-10,18-19H,1,11-12H2,2-4H3,(H,25,29)(H,24,26,27);1H2. The average molecular weight is 498 g/mol. The molecule has 2 atom stereocenters. The van der Waals surface area contributed by atoms with Gasteiger partial charge >= 0.3 is 0 Å². The highest BCUT2D eigenvalue weighted by Crippen LogP contribution is 2.29. The van der Waals surface area contributed by atoms with Gasteiger partial charge in [-0.2, -0.15) is 4.98 Å². The van der Waals surface area contributed by atoms with E-state index in [1.165, 1.54) is 10.6 Å². The molecule has 2 N–H and O–H groups in total. The van der Waals surface area contributed by atoms with Crippen LogP contribution in [0.5, 0.6) is 11.5 Å². The molecule has 2 unspecified atom stereocenters. The Kier molecular flexibility index (Phi) is 8.50. The second kappa shape index (κ2) is 11.5. The van der Waals surface area contributed by atoms with E-state index in [2.05, 4.69) is 45.3 Å². The molecule has 1 aliphatic rings.